The number of aromatic nitrogens is 3. The number of hydrogen-bond acceptors (Lipinski definition) is 7. The van der Waals surface area contributed by atoms with Crippen LogP contribution in [-0.4, -0.2) is 32.5 Å². The maximum Gasteiger partial charge on any atom is 0.226 e. The summed E-state index contributed by atoms with van der Waals surface area (Å²) in [6.07, 6.45) is 3.97. The van der Waals surface area contributed by atoms with Crippen molar-refractivity contribution in [2.24, 2.45) is 0 Å². The zero-order valence-electron chi connectivity index (χ0n) is 15.6. The zero-order valence-corrected chi connectivity index (χ0v) is 16.4. The van der Waals surface area contributed by atoms with Crippen molar-refractivity contribution in [1.29, 1.82) is 5.26 Å². The van der Waals surface area contributed by atoms with Gasteiger partial charge in [-0.3, -0.25) is 9.78 Å². The number of hydrogen-bond donors (Lipinski definition) is 2. The van der Waals surface area contributed by atoms with Crippen LogP contribution in [0.5, 0.6) is 5.75 Å². The minimum Gasteiger partial charge on any atom is -0.505 e. The first-order valence-corrected chi connectivity index (χ1v) is 9.53. The molecule has 8 heteroatoms. The third-order valence-electron chi connectivity index (χ3n) is 4.28. The van der Waals surface area contributed by atoms with Crippen LogP contribution in [0.15, 0.2) is 30.6 Å². The summed E-state index contributed by atoms with van der Waals surface area (Å²) in [6.45, 7) is 4.05. The quantitative estimate of drug-likeness (QED) is 0.666. The molecule has 3 rings (SSSR count). The second kappa shape index (κ2) is 8.59. The highest BCUT2D eigenvalue weighted by molar-refractivity contribution is 7.15. The molecule has 0 aromatic carbocycles. The molecule has 0 saturated heterocycles. The van der Waals surface area contributed by atoms with Gasteiger partial charge < -0.3 is 10.4 Å². The normalized spacial score (nSPS) is 10.5. The topological polar surface area (TPSA) is 112 Å². The fraction of sp³-hybridized carbons (Fsp3) is 0.250. The molecule has 28 heavy (non-hydrogen) atoms. The van der Waals surface area contributed by atoms with Crippen molar-refractivity contribution < 1.29 is 9.90 Å². The van der Waals surface area contributed by atoms with Crippen molar-refractivity contribution in [3.05, 3.63) is 58.0 Å². The second-order valence-corrected chi connectivity index (χ2v) is 7.43. The number of nitrogens with one attached hydrogen (secondary N) is 1. The Kier molecular flexibility index (Phi) is 5.96. The molecule has 0 radical (unpaired) electrons. The summed E-state index contributed by atoms with van der Waals surface area (Å²) < 4.78 is 0. The highest BCUT2D eigenvalue weighted by Gasteiger charge is 2.18. The molecule has 0 fully saturated rings. The fourth-order valence-electron chi connectivity index (χ4n) is 2.65. The van der Waals surface area contributed by atoms with E-state index in [2.05, 4.69) is 20.3 Å². The summed E-state index contributed by atoms with van der Waals surface area (Å²) in [5.74, 6) is -0.178. The van der Waals surface area contributed by atoms with Crippen molar-refractivity contribution in [2.75, 3.05) is 6.54 Å². The average molecular weight is 393 g/mol. The fourth-order valence-corrected chi connectivity index (χ4v) is 3.57. The lowest BCUT2D eigenvalue weighted by atomic mass is 10.1. The van der Waals surface area contributed by atoms with Crippen LogP contribution in [0.1, 0.15) is 27.4 Å². The Bertz CT molecular complexity index is 1040. The SMILES string of the molecule is Cc1sc(-c2ncc(C#N)c(C)c2O)nc1CC(=O)NCCc1ccccn1. The summed E-state index contributed by atoms with van der Waals surface area (Å²) in [6, 6.07) is 7.68. The zero-order chi connectivity index (χ0) is 20.1. The smallest absolute Gasteiger partial charge is 0.226 e. The van der Waals surface area contributed by atoms with Crippen LogP contribution in [0.3, 0.4) is 0 Å². The summed E-state index contributed by atoms with van der Waals surface area (Å²) in [7, 11) is 0. The Labute approximate surface area is 166 Å². The van der Waals surface area contributed by atoms with Crippen molar-refractivity contribution in [3.8, 4) is 22.5 Å². The van der Waals surface area contributed by atoms with Crippen molar-refractivity contribution in [2.45, 2.75) is 26.7 Å². The Hall–Kier alpha value is -3.31. The van der Waals surface area contributed by atoms with E-state index in [-0.39, 0.29) is 18.1 Å². The van der Waals surface area contributed by atoms with Crippen molar-refractivity contribution >= 4 is 17.2 Å². The van der Waals surface area contributed by atoms with Gasteiger partial charge in [0.05, 0.1) is 17.7 Å². The first-order chi connectivity index (χ1) is 13.5. The van der Waals surface area contributed by atoms with Crippen molar-refractivity contribution in [1.82, 2.24) is 20.3 Å². The molecule has 0 bridgehead atoms. The van der Waals surface area contributed by atoms with Crippen LogP contribution in [0, 0.1) is 25.2 Å². The molecular weight excluding hydrogens is 374 g/mol. The van der Waals surface area contributed by atoms with Crippen LogP contribution in [0.4, 0.5) is 0 Å². The van der Waals surface area contributed by atoms with E-state index in [1.165, 1.54) is 17.5 Å². The van der Waals surface area contributed by atoms with E-state index in [0.29, 0.717) is 40.5 Å². The van der Waals surface area contributed by atoms with Gasteiger partial charge in [0.15, 0.2) is 0 Å². The standard InChI is InChI=1S/C20H19N5O2S/c1-12-14(10-21)11-24-18(19(12)27)20-25-16(13(2)28-20)9-17(26)23-8-6-15-5-3-4-7-22-15/h3-5,7,11,27H,6,8-9H2,1-2H3,(H,23,26). The Morgan fingerprint density at radius 1 is 1.32 bits per heavy atom. The summed E-state index contributed by atoms with van der Waals surface area (Å²) in [5.41, 5.74) is 2.69. The van der Waals surface area contributed by atoms with Gasteiger partial charge in [-0.25, -0.2) is 9.97 Å². The first kappa shape index (κ1) is 19.5. The number of rotatable bonds is 6. The minimum atomic E-state index is -0.121. The summed E-state index contributed by atoms with van der Waals surface area (Å²) >= 11 is 1.36. The van der Waals surface area contributed by atoms with Gasteiger partial charge in [-0.1, -0.05) is 6.07 Å². The minimum absolute atomic E-state index is 0.0563. The molecule has 0 aliphatic rings. The molecular formula is C20H19N5O2S. The number of thiazole rings is 1. The number of nitriles is 1. The van der Waals surface area contributed by atoms with Gasteiger partial charge in [-0.05, 0) is 26.0 Å². The number of amides is 1. The van der Waals surface area contributed by atoms with E-state index in [1.54, 1.807) is 13.1 Å². The lowest BCUT2D eigenvalue weighted by Gasteiger charge is -2.05. The predicted octanol–water partition coefficient (Wildman–Crippen LogP) is 2.70. The van der Waals surface area contributed by atoms with Crippen LogP contribution >= 0.6 is 11.3 Å². The van der Waals surface area contributed by atoms with E-state index < -0.39 is 0 Å². The molecule has 2 N–H and O–H groups in total. The average Bonchev–Trinajstić information content (AvgIpc) is 3.04. The molecule has 0 aliphatic heterocycles. The van der Waals surface area contributed by atoms with Gasteiger partial charge in [0.25, 0.3) is 0 Å². The van der Waals surface area contributed by atoms with E-state index >= 15 is 0 Å². The monoisotopic (exact) mass is 393 g/mol. The number of carbonyl (C=O) groups is 1. The molecule has 3 heterocycles. The summed E-state index contributed by atoms with van der Waals surface area (Å²) in [4.78, 5) is 26.0. The number of nitrogens with zero attached hydrogens (tertiary/aromatic N) is 4. The highest BCUT2D eigenvalue weighted by Crippen LogP contribution is 2.35. The molecule has 1 amide bonds. The molecule has 7 nitrogen and oxygen atoms in total. The molecule has 0 aliphatic carbocycles. The number of carbonyl (C=O) groups excluding carboxylic acids is 1. The predicted molar refractivity (Wildman–Crippen MR) is 106 cm³/mol. The lowest BCUT2D eigenvalue weighted by molar-refractivity contribution is -0.120. The lowest BCUT2D eigenvalue weighted by Crippen LogP contribution is -2.27. The Morgan fingerprint density at radius 2 is 2.14 bits per heavy atom. The van der Waals surface area contributed by atoms with Crippen LogP contribution < -0.4 is 5.32 Å². The molecule has 142 valence electrons. The number of aromatic hydroxyl groups is 1. The van der Waals surface area contributed by atoms with Gasteiger partial charge in [-0.15, -0.1) is 11.3 Å². The molecule has 3 aromatic rings. The Balaban J connectivity index is 1.67. The molecule has 3 aromatic heterocycles. The molecule has 0 spiro atoms. The first-order valence-electron chi connectivity index (χ1n) is 8.71. The maximum absolute atomic E-state index is 12.2. The van der Waals surface area contributed by atoms with Gasteiger partial charge in [0.2, 0.25) is 5.91 Å². The Morgan fingerprint density at radius 3 is 2.86 bits per heavy atom. The maximum atomic E-state index is 12.2. The van der Waals surface area contributed by atoms with E-state index in [4.69, 9.17) is 5.26 Å². The van der Waals surface area contributed by atoms with Crippen LogP contribution in [0.2, 0.25) is 0 Å². The molecule has 0 saturated carbocycles. The third kappa shape index (κ3) is 4.32. The number of aryl methyl sites for hydroxylation is 1. The molecule has 0 atom stereocenters. The highest BCUT2D eigenvalue weighted by atomic mass is 32.1. The second-order valence-electron chi connectivity index (χ2n) is 6.23. The summed E-state index contributed by atoms with van der Waals surface area (Å²) in [5, 5.41) is 22.8. The van der Waals surface area contributed by atoms with Gasteiger partial charge >= 0.3 is 0 Å². The van der Waals surface area contributed by atoms with Crippen LogP contribution in [-0.2, 0) is 17.6 Å². The van der Waals surface area contributed by atoms with Gasteiger partial charge in [-0.2, -0.15) is 5.26 Å². The van der Waals surface area contributed by atoms with Crippen molar-refractivity contribution in [3.63, 3.8) is 0 Å². The third-order valence-corrected chi connectivity index (χ3v) is 5.30. The van der Waals surface area contributed by atoms with E-state index in [0.717, 1.165) is 10.6 Å². The molecule has 0 unspecified atom stereocenters. The van der Waals surface area contributed by atoms with Gasteiger partial charge in [0, 0.05) is 41.5 Å². The van der Waals surface area contributed by atoms with E-state index in [9.17, 15) is 9.90 Å². The van der Waals surface area contributed by atoms with E-state index in [1.807, 2.05) is 31.2 Å². The number of pyridine rings is 2. The largest absolute Gasteiger partial charge is 0.505 e. The van der Waals surface area contributed by atoms with Crippen LogP contribution in [0.25, 0.3) is 10.7 Å². The van der Waals surface area contributed by atoms with Gasteiger partial charge in [0.1, 0.15) is 22.5 Å².